The minimum absolute atomic E-state index is 0.612. The Morgan fingerprint density at radius 3 is 2.58 bits per heavy atom. The number of rotatable bonds is 9. The van der Waals surface area contributed by atoms with Gasteiger partial charge in [-0.3, -0.25) is 4.98 Å². The Hall–Kier alpha value is -3.48. The fourth-order valence-corrected chi connectivity index (χ4v) is 4.03. The van der Waals surface area contributed by atoms with Crippen LogP contribution < -0.4 is 20.3 Å². The Balaban J connectivity index is 1.29. The van der Waals surface area contributed by atoms with E-state index in [1.54, 1.807) is 13.4 Å². The maximum Gasteiger partial charge on any atom is 0.191 e. The lowest BCUT2D eigenvalue weighted by Gasteiger charge is -2.33. The number of furan rings is 1. The van der Waals surface area contributed by atoms with Gasteiger partial charge >= 0.3 is 0 Å². The summed E-state index contributed by atoms with van der Waals surface area (Å²) in [5.41, 5.74) is 2.41. The molecule has 0 spiro atoms. The van der Waals surface area contributed by atoms with Crippen LogP contribution in [0, 0.1) is 5.92 Å². The standard InChI is InChI=1S/C26H33N5O2/c1-32-24-6-4-21(5-7-24)19-29-26(28-15-10-25-3-2-18-33-25)30-20-22-11-16-31(17-12-22)23-8-13-27-14-9-23/h2-9,13-14,18,22H,10-12,15-17,19-20H2,1H3,(H2,28,29,30). The monoisotopic (exact) mass is 447 g/mol. The molecule has 2 N–H and O–H groups in total. The van der Waals surface area contributed by atoms with Gasteiger partial charge in [0.25, 0.3) is 0 Å². The molecule has 3 aromatic rings. The van der Waals surface area contributed by atoms with Crippen molar-refractivity contribution in [2.24, 2.45) is 10.9 Å². The van der Waals surface area contributed by atoms with E-state index in [0.717, 1.165) is 68.5 Å². The lowest BCUT2D eigenvalue weighted by atomic mass is 9.96. The van der Waals surface area contributed by atoms with Crippen LogP contribution in [0.15, 0.2) is 76.6 Å². The number of nitrogens with zero attached hydrogens (tertiary/aromatic N) is 3. The summed E-state index contributed by atoms with van der Waals surface area (Å²) in [5.74, 6) is 3.30. The topological polar surface area (TPSA) is 74.9 Å². The third-order valence-electron chi connectivity index (χ3n) is 6.02. The largest absolute Gasteiger partial charge is 0.497 e. The maximum absolute atomic E-state index is 5.45. The molecular formula is C26H33N5O2. The molecule has 0 aliphatic carbocycles. The van der Waals surface area contributed by atoms with Crippen LogP contribution in [-0.4, -0.2) is 44.2 Å². The van der Waals surface area contributed by atoms with Crippen molar-refractivity contribution in [1.29, 1.82) is 0 Å². The van der Waals surface area contributed by atoms with E-state index in [9.17, 15) is 0 Å². The van der Waals surface area contributed by atoms with Crippen molar-refractivity contribution in [3.8, 4) is 5.75 Å². The first-order chi connectivity index (χ1) is 16.3. The molecule has 174 valence electrons. The van der Waals surface area contributed by atoms with Gasteiger partial charge < -0.3 is 24.7 Å². The summed E-state index contributed by atoms with van der Waals surface area (Å²) in [6.45, 7) is 4.43. The lowest BCUT2D eigenvalue weighted by molar-refractivity contribution is 0.400. The number of anilines is 1. The highest BCUT2D eigenvalue weighted by Crippen LogP contribution is 2.22. The summed E-state index contributed by atoms with van der Waals surface area (Å²) in [4.78, 5) is 11.4. The first-order valence-electron chi connectivity index (χ1n) is 11.6. The number of piperidine rings is 1. The number of pyridine rings is 1. The Morgan fingerprint density at radius 2 is 1.88 bits per heavy atom. The van der Waals surface area contributed by atoms with Gasteiger partial charge in [-0.05, 0) is 60.7 Å². The fraction of sp³-hybridized carbons (Fsp3) is 0.385. The van der Waals surface area contributed by atoms with E-state index in [1.807, 2.05) is 36.7 Å². The Morgan fingerprint density at radius 1 is 1.09 bits per heavy atom. The predicted octanol–water partition coefficient (Wildman–Crippen LogP) is 3.88. The SMILES string of the molecule is COc1ccc(CN=C(NCCc2ccco2)NCC2CCN(c3ccncc3)CC2)cc1. The molecular weight excluding hydrogens is 414 g/mol. The average molecular weight is 448 g/mol. The molecule has 7 heteroatoms. The molecule has 2 aromatic heterocycles. The Bertz CT molecular complexity index is 966. The van der Waals surface area contributed by atoms with Crippen LogP contribution >= 0.6 is 0 Å². The van der Waals surface area contributed by atoms with Crippen molar-refractivity contribution in [2.45, 2.75) is 25.8 Å². The first-order valence-corrected chi connectivity index (χ1v) is 11.6. The molecule has 0 unspecified atom stereocenters. The highest BCUT2D eigenvalue weighted by molar-refractivity contribution is 5.79. The molecule has 33 heavy (non-hydrogen) atoms. The number of benzene rings is 1. The number of aromatic nitrogens is 1. The molecule has 0 bridgehead atoms. The number of hydrogen-bond donors (Lipinski definition) is 2. The van der Waals surface area contributed by atoms with Crippen LogP contribution in [-0.2, 0) is 13.0 Å². The van der Waals surface area contributed by atoms with Crippen molar-refractivity contribution < 1.29 is 9.15 Å². The van der Waals surface area contributed by atoms with E-state index in [2.05, 4.69) is 44.8 Å². The van der Waals surface area contributed by atoms with Crippen LogP contribution in [0.2, 0.25) is 0 Å². The van der Waals surface area contributed by atoms with Crippen molar-refractivity contribution in [3.63, 3.8) is 0 Å². The minimum Gasteiger partial charge on any atom is -0.497 e. The van der Waals surface area contributed by atoms with E-state index in [4.69, 9.17) is 14.1 Å². The summed E-state index contributed by atoms with van der Waals surface area (Å²) >= 11 is 0. The first kappa shape index (κ1) is 22.7. The normalized spacial score (nSPS) is 14.8. The van der Waals surface area contributed by atoms with E-state index in [0.29, 0.717) is 12.5 Å². The van der Waals surface area contributed by atoms with Crippen LogP contribution in [0.25, 0.3) is 0 Å². The molecule has 1 aliphatic heterocycles. The zero-order valence-electron chi connectivity index (χ0n) is 19.2. The number of methoxy groups -OCH3 is 1. The van der Waals surface area contributed by atoms with Gasteiger partial charge in [0.15, 0.2) is 5.96 Å². The third-order valence-corrected chi connectivity index (χ3v) is 6.02. The van der Waals surface area contributed by atoms with Crippen LogP contribution in [0.5, 0.6) is 5.75 Å². The van der Waals surface area contributed by atoms with Gasteiger partial charge in [-0.1, -0.05) is 12.1 Å². The molecule has 4 rings (SSSR count). The van der Waals surface area contributed by atoms with E-state index in [-0.39, 0.29) is 0 Å². The van der Waals surface area contributed by atoms with E-state index < -0.39 is 0 Å². The Kier molecular flexibility index (Phi) is 8.22. The summed E-state index contributed by atoms with van der Waals surface area (Å²) < 4.78 is 10.7. The lowest BCUT2D eigenvalue weighted by Crippen LogP contribution is -2.43. The van der Waals surface area contributed by atoms with Crippen molar-refractivity contribution in [2.75, 3.05) is 38.2 Å². The zero-order valence-corrected chi connectivity index (χ0v) is 19.2. The van der Waals surface area contributed by atoms with Crippen molar-refractivity contribution in [3.05, 3.63) is 78.5 Å². The average Bonchev–Trinajstić information content (AvgIpc) is 3.40. The molecule has 0 atom stereocenters. The van der Waals surface area contributed by atoms with Gasteiger partial charge in [-0.15, -0.1) is 0 Å². The van der Waals surface area contributed by atoms with Gasteiger partial charge in [0, 0.05) is 50.7 Å². The number of nitrogens with one attached hydrogen (secondary N) is 2. The summed E-state index contributed by atoms with van der Waals surface area (Å²) in [6, 6.07) is 16.1. The molecule has 1 aliphatic rings. The Labute approximate surface area is 195 Å². The van der Waals surface area contributed by atoms with Gasteiger partial charge in [0.05, 0.1) is 19.9 Å². The molecule has 1 aromatic carbocycles. The molecule has 0 radical (unpaired) electrons. The number of hydrogen-bond acceptors (Lipinski definition) is 5. The van der Waals surface area contributed by atoms with Crippen molar-refractivity contribution >= 4 is 11.6 Å². The predicted molar refractivity (Wildman–Crippen MR) is 132 cm³/mol. The molecule has 1 fully saturated rings. The molecule has 7 nitrogen and oxygen atoms in total. The van der Waals surface area contributed by atoms with Gasteiger partial charge in [0.2, 0.25) is 0 Å². The van der Waals surface area contributed by atoms with Crippen molar-refractivity contribution in [1.82, 2.24) is 15.6 Å². The second-order valence-electron chi connectivity index (χ2n) is 8.29. The zero-order chi connectivity index (χ0) is 22.7. The quantitative estimate of drug-likeness (QED) is 0.383. The van der Waals surface area contributed by atoms with Crippen LogP contribution in [0.4, 0.5) is 5.69 Å². The second-order valence-corrected chi connectivity index (χ2v) is 8.29. The number of aliphatic imine (C=N–C) groups is 1. The van der Waals surface area contributed by atoms with E-state index >= 15 is 0 Å². The van der Waals surface area contributed by atoms with E-state index in [1.165, 1.54) is 5.69 Å². The van der Waals surface area contributed by atoms with Gasteiger partial charge in [-0.2, -0.15) is 0 Å². The molecule has 3 heterocycles. The smallest absolute Gasteiger partial charge is 0.191 e. The van der Waals surface area contributed by atoms with Gasteiger partial charge in [-0.25, -0.2) is 4.99 Å². The number of guanidine groups is 1. The minimum atomic E-state index is 0.612. The highest BCUT2D eigenvalue weighted by Gasteiger charge is 2.19. The molecule has 1 saturated heterocycles. The summed E-state index contributed by atoms with van der Waals surface area (Å²) in [6.07, 6.45) is 8.58. The summed E-state index contributed by atoms with van der Waals surface area (Å²) in [7, 11) is 1.68. The van der Waals surface area contributed by atoms with Gasteiger partial charge in [0.1, 0.15) is 11.5 Å². The highest BCUT2D eigenvalue weighted by atomic mass is 16.5. The van der Waals surface area contributed by atoms with Crippen LogP contribution in [0.1, 0.15) is 24.2 Å². The number of ether oxygens (including phenoxy) is 1. The third kappa shape index (κ3) is 7.00. The molecule has 0 saturated carbocycles. The summed E-state index contributed by atoms with van der Waals surface area (Å²) in [5, 5.41) is 7.03. The second kappa shape index (κ2) is 11.9. The maximum atomic E-state index is 5.45. The van der Waals surface area contributed by atoms with Crippen LogP contribution in [0.3, 0.4) is 0 Å². The fourth-order valence-electron chi connectivity index (χ4n) is 4.03. The molecule has 0 amide bonds.